The molecule has 130 valence electrons. The van der Waals surface area contributed by atoms with Gasteiger partial charge in [0.15, 0.2) is 11.5 Å². The molecule has 0 saturated heterocycles. The van der Waals surface area contributed by atoms with E-state index < -0.39 is 12.1 Å². The maximum absolute atomic E-state index is 12.4. The van der Waals surface area contributed by atoms with Gasteiger partial charge in [0.2, 0.25) is 0 Å². The summed E-state index contributed by atoms with van der Waals surface area (Å²) >= 11 is 5.85. The minimum absolute atomic E-state index is 0.00797. The number of aliphatic hydroxyl groups excluding tert-OH is 1. The van der Waals surface area contributed by atoms with Gasteiger partial charge in [-0.25, -0.2) is 4.79 Å². The number of phenolic OH excluding ortho intramolecular Hbond substituents is 2. The van der Waals surface area contributed by atoms with E-state index in [1.54, 1.807) is 6.92 Å². The van der Waals surface area contributed by atoms with E-state index in [0.29, 0.717) is 0 Å². The predicted octanol–water partition coefficient (Wildman–Crippen LogP) is 3.78. The van der Waals surface area contributed by atoms with Crippen molar-refractivity contribution in [1.29, 1.82) is 0 Å². The van der Waals surface area contributed by atoms with Crippen LogP contribution in [-0.2, 0) is 0 Å². The lowest BCUT2D eigenvalue weighted by Gasteiger charge is -2.18. The maximum atomic E-state index is 12.4. The summed E-state index contributed by atoms with van der Waals surface area (Å²) in [7, 11) is 0. The van der Waals surface area contributed by atoms with E-state index in [2.05, 4.69) is 6.58 Å². The van der Waals surface area contributed by atoms with Crippen molar-refractivity contribution in [3.63, 3.8) is 0 Å². The summed E-state index contributed by atoms with van der Waals surface area (Å²) in [5, 5.41) is 29.7. The quantitative estimate of drug-likeness (QED) is 0.555. The Morgan fingerprint density at radius 2 is 1.84 bits per heavy atom. The number of hydrogen-bond donors (Lipinski definition) is 3. The monoisotopic (exact) mass is 362 g/mol. The number of carbonyl (C=O) groups excluding carboxylic acids is 1. The first-order valence-corrected chi connectivity index (χ1v) is 7.74. The number of ether oxygens (including phenoxy) is 2. The van der Waals surface area contributed by atoms with Crippen LogP contribution in [0.4, 0.5) is 0 Å². The topological polar surface area (TPSA) is 96.2 Å². The summed E-state index contributed by atoms with van der Waals surface area (Å²) in [6.45, 7) is 6.85. The molecule has 0 saturated carbocycles. The van der Waals surface area contributed by atoms with Gasteiger partial charge >= 0.3 is 5.97 Å². The van der Waals surface area contributed by atoms with Crippen LogP contribution in [0.2, 0.25) is 5.02 Å². The third-order valence-corrected chi connectivity index (χ3v) is 4.29. The number of rotatable bonds is 2. The Bertz CT molecular complexity index is 917. The molecule has 0 spiro atoms. The maximum Gasteiger partial charge on any atom is 0.347 e. The van der Waals surface area contributed by atoms with E-state index in [1.807, 2.05) is 0 Å². The number of phenols is 2. The van der Waals surface area contributed by atoms with Crippen LogP contribution in [0.15, 0.2) is 24.8 Å². The number of esters is 1. The van der Waals surface area contributed by atoms with Gasteiger partial charge in [-0.05, 0) is 31.6 Å². The van der Waals surface area contributed by atoms with Crippen molar-refractivity contribution in [2.75, 3.05) is 0 Å². The highest BCUT2D eigenvalue weighted by Gasteiger charge is 2.30. The van der Waals surface area contributed by atoms with Gasteiger partial charge in [0.1, 0.15) is 22.8 Å². The average Bonchev–Trinajstić information content (AvgIpc) is 2.68. The summed E-state index contributed by atoms with van der Waals surface area (Å²) in [5.74, 6) is -1.00. The zero-order valence-corrected chi connectivity index (χ0v) is 14.2. The van der Waals surface area contributed by atoms with Crippen molar-refractivity contribution in [3.8, 4) is 28.7 Å². The lowest BCUT2D eigenvalue weighted by molar-refractivity contribution is 0.0736. The second kappa shape index (κ2) is 5.98. The molecular formula is C18H15ClO6. The van der Waals surface area contributed by atoms with E-state index in [-0.39, 0.29) is 56.0 Å². The van der Waals surface area contributed by atoms with Crippen molar-refractivity contribution >= 4 is 23.1 Å². The van der Waals surface area contributed by atoms with Crippen LogP contribution >= 0.6 is 11.6 Å². The van der Waals surface area contributed by atoms with Gasteiger partial charge < -0.3 is 24.8 Å². The highest BCUT2D eigenvalue weighted by molar-refractivity contribution is 6.32. The van der Waals surface area contributed by atoms with Crippen LogP contribution < -0.4 is 9.47 Å². The number of fused-ring (bicyclic) bond motifs is 2. The van der Waals surface area contributed by atoms with Crippen LogP contribution in [0, 0.1) is 6.92 Å². The van der Waals surface area contributed by atoms with Crippen LogP contribution in [-0.4, -0.2) is 27.4 Å². The van der Waals surface area contributed by atoms with Gasteiger partial charge in [-0.15, -0.1) is 0 Å². The van der Waals surface area contributed by atoms with Gasteiger partial charge in [0, 0.05) is 17.2 Å². The summed E-state index contributed by atoms with van der Waals surface area (Å²) in [6, 6.07) is 3.81. The molecule has 1 aliphatic rings. The number of aromatic hydroxyl groups is 2. The van der Waals surface area contributed by atoms with E-state index in [9.17, 15) is 20.1 Å². The van der Waals surface area contributed by atoms with E-state index in [1.165, 1.54) is 25.1 Å². The Kier molecular flexibility index (Phi) is 4.10. The largest absolute Gasteiger partial charge is 0.508 e. The van der Waals surface area contributed by atoms with Crippen LogP contribution in [0.5, 0.6) is 28.7 Å². The fourth-order valence-electron chi connectivity index (χ4n) is 2.45. The summed E-state index contributed by atoms with van der Waals surface area (Å²) in [4.78, 5) is 12.4. The minimum Gasteiger partial charge on any atom is -0.508 e. The predicted molar refractivity (Wildman–Crippen MR) is 91.7 cm³/mol. The average molecular weight is 363 g/mol. The molecular weight excluding hydrogens is 348 g/mol. The first-order chi connectivity index (χ1) is 11.7. The number of benzene rings is 2. The number of carbonyl (C=O) groups is 1. The smallest absolute Gasteiger partial charge is 0.347 e. The molecule has 2 aromatic carbocycles. The standard InChI is InChI=1S/C18H15ClO6/c1-7(9(3)20)10-5-13(21)8(2)16-17(10)24-15-6-14(22)12(19)4-11(15)18(23)25-16/h4-6,9,20-22H,1H2,2-3H3/t9-/m0/s1. The van der Waals surface area contributed by atoms with Crippen molar-refractivity contribution in [2.45, 2.75) is 20.0 Å². The zero-order chi connectivity index (χ0) is 18.5. The van der Waals surface area contributed by atoms with Crippen molar-refractivity contribution in [2.24, 2.45) is 0 Å². The lowest BCUT2D eigenvalue weighted by Crippen LogP contribution is -2.08. The Morgan fingerprint density at radius 1 is 1.16 bits per heavy atom. The normalized spacial score (nSPS) is 13.8. The second-order valence-corrected chi connectivity index (χ2v) is 6.13. The van der Waals surface area contributed by atoms with E-state index >= 15 is 0 Å². The first-order valence-electron chi connectivity index (χ1n) is 7.37. The molecule has 1 atom stereocenters. The fraction of sp³-hybridized carbons (Fsp3) is 0.167. The van der Waals surface area contributed by atoms with Crippen molar-refractivity contribution < 1.29 is 29.6 Å². The highest BCUT2D eigenvalue weighted by Crippen LogP contribution is 2.48. The molecule has 3 N–H and O–H groups in total. The van der Waals surface area contributed by atoms with Gasteiger partial charge in [0.05, 0.1) is 11.1 Å². The van der Waals surface area contributed by atoms with Gasteiger partial charge in [-0.2, -0.15) is 0 Å². The van der Waals surface area contributed by atoms with Crippen LogP contribution in [0.3, 0.4) is 0 Å². The molecule has 25 heavy (non-hydrogen) atoms. The zero-order valence-electron chi connectivity index (χ0n) is 13.5. The number of halogens is 1. The third kappa shape index (κ3) is 2.79. The summed E-state index contributed by atoms with van der Waals surface area (Å²) < 4.78 is 11.2. The molecule has 0 aliphatic carbocycles. The lowest BCUT2D eigenvalue weighted by atomic mass is 9.99. The first kappa shape index (κ1) is 17.1. The Hall–Kier alpha value is -2.70. The van der Waals surface area contributed by atoms with Crippen molar-refractivity contribution in [3.05, 3.63) is 46.5 Å². The molecule has 6 nitrogen and oxygen atoms in total. The second-order valence-electron chi connectivity index (χ2n) is 5.72. The Labute approximate surface area is 148 Å². The van der Waals surface area contributed by atoms with Gasteiger partial charge in [-0.1, -0.05) is 18.2 Å². The molecule has 7 heteroatoms. The molecule has 0 radical (unpaired) electrons. The molecule has 0 fully saturated rings. The van der Waals surface area contributed by atoms with Crippen LogP contribution in [0.25, 0.3) is 5.57 Å². The Morgan fingerprint density at radius 3 is 2.48 bits per heavy atom. The molecule has 0 aromatic heterocycles. The molecule has 1 heterocycles. The molecule has 0 unspecified atom stereocenters. The van der Waals surface area contributed by atoms with Gasteiger partial charge in [0.25, 0.3) is 0 Å². The highest BCUT2D eigenvalue weighted by atomic mass is 35.5. The SMILES string of the molecule is C=C(c1cc(O)c(C)c2c1Oc1cc(O)c(Cl)cc1C(=O)O2)[C@H](C)O. The molecule has 0 bridgehead atoms. The fourth-order valence-corrected chi connectivity index (χ4v) is 2.62. The van der Waals surface area contributed by atoms with E-state index in [4.69, 9.17) is 21.1 Å². The number of hydrogen-bond acceptors (Lipinski definition) is 6. The molecule has 2 aromatic rings. The summed E-state index contributed by atoms with van der Waals surface area (Å²) in [6.07, 6.45) is -0.924. The molecule has 0 amide bonds. The summed E-state index contributed by atoms with van der Waals surface area (Å²) in [5.41, 5.74) is 0.854. The van der Waals surface area contributed by atoms with Crippen molar-refractivity contribution in [1.82, 2.24) is 0 Å². The van der Waals surface area contributed by atoms with Gasteiger partial charge in [-0.3, -0.25) is 0 Å². The number of aliphatic hydroxyl groups is 1. The third-order valence-electron chi connectivity index (χ3n) is 3.98. The Balaban J connectivity index is 2.29. The minimum atomic E-state index is -0.924. The molecule has 1 aliphatic heterocycles. The van der Waals surface area contributed by atoms with E-state index in [0.717, 1.165) is 0 Å². The molecule has 3 rings (SSSR count). The van der Waals surface area contributed by atoms with Crippen LogP contribution in [0.1, 0.15) is 28.4 Å².